The Morgan fingerprint density at radius 1 is 1.60 bits per heavy atom. The Balaban J connectivity index is 2.52. The summed E-state index contributed by atoms with van der Waals surface area (Å²) in [5.74, 6) is 0.910. The van der Waals surface area contributed by atoms with E-state index in [9.17, 15) is 0 Å². The number of hydrogen-bond donors (Lipinski definition) is 0. The molecule has 0 radical (unpaired) electrons. The summed E-state index contributed by atoms with van der Waals surface area (Å²) in [7, 11) is 0. The molecule has 1 nitrogen and oxygen atoms in total. The van der Waals surface area contributed by atoms with Crippen LogP contribution in [-0.2, 0) is 0 Å². The quantitative estimate of drug-likeness (QED) is 0.529. The molecule has 0 spiro atoms. The van der Waals surface area contributed by atoms with Crippen molar-refractivity contribution in [1.82, 2.24) is 0 Å². The highest BCUT2D eigenvalue weighted by atomic mass is 14.8. The van der Waals surface area contributed by atoms with E-state index in [1.807, 2.05) is 0 Å². The van der Waals surface area contributed by atoms with Crippen molar-refractivity contribution in [2.75, 3.05) is 0 Å². The van der Waals surface area contributed by atoms with E-state index in [-0.39, 0.29) is 0 Å². The fraction of sp³-hybridized carbons (Fsp3) is 0.889. The SMILES string of the molecule is CCC1CC(C)=NC(C)C1. The van der Waals surface area contributed by atoms with Crippen molar-refractivity contribution in [1.29, 1.82) is 0 Å². The molecule has 0 bridgehead atoms. The van der Waals surface area contributed by atoms with Crippen molar-refractivity contribution in [2.45, 2.75) is 46.1 Å². The molecule has 2 unspecified atom stereocenters. The van der Waals surface area contributed by atoms with Gasteiger partial charge in [-0.2, -0.15) is 0 Å². The average molecular weight is 139 g/mol. The monoisotopic (exact) mass is 139 g/mol. The van der Waals surface area contributed by atoms with Crippen LogP contribution in [0.4, 0.5) is 0 Å². The van der Waals surface area contributed by atoms with Gasteiger partial charge in [-0.05, 0) is 32.6 Å². The van der Waals surface area contributed by atoms with Gasteiger partial charge in [-0.15, -0.1) is 0 Å². The summed E-state index contributed by atoms with van der Waals surface area (Å²) in [5.41, 5.74) is 1.35. The number of nitrogens with zero attached hydrogens (tertiary/aromatic N) is 1. The summed E-state index contributed by atoms with van der Waals surface area (Å²) < 4.78 is 0. The Hall–Kier alpha value is -0.330. The molecule has 0 aliphatic carbocycles. The van der Waals surface area contributed by atoms with E-state index in [0.29, 0.717) is 6.04 Å². The molecule has 58 valence electrons. The summed E-state index contributed by atoms with van der Waals surface area (Å²) in [5, 5.41) is 0. The first-order valence-corrected chi connectivity index (χ1v) is 4.25. The third kappa shape index (κ3) is 1.83. The average Bonchev–Trinajstić information content (AvgIpc) is 1.85. The molecule has 10 heavy (non-hydrogen) atoms. The van der Waals surface area contributed by atoms with Crippen LogP contribution < -0.4 is 0 Å². The van der Waals surface area contributed by atoms with E-state index < -0.39 is 0 Å². The second kappa shape index (κ2) is 3.18. The molecule has 0 aromatic heterocycles. The van der Waals surface area contributed by atoms with Crippen molar-refractivity contribution in [2.24, 2.45) is 10.9 Å². The fourth-order valence-electron chi connectivity index (χ4n) is 1.78. The fourth-order valence-corrected chi connectivity index (χ4v) is 1.78. The maximum absolute atomic E-state index is 4.50. The van der Waals surface area contributed by atoms with Crippen molar-refractivity contribution >= 4 is 5.71 Å². The van der Waals surface area contributed by atoms with E-state index in [1.54, 1.807) is 0 Å². The van der Waals surface area contributed by atoms with Gasteiger partial charge >= 0.3 is 0 Å². The van der Waals surface area contributed by atoms with Crippen molar-refractivity contribution in [3.63, 3.8) is 0 Å². The molecule has 0 N–H and O–H groups in total. The van der Waals surface area contributed by atoms with Gasteiger partial charge in [0.1, 0.15) is 0 Å². The smallest absolute Gasteiger partial charge is 0.0473 e. The third-order valence-electron chi connectivity index (χ3n) is 2.28. The highest BCUT2D eigenvalue weighted by molar-refractivity contribution is 5.82. The zero-order valence-electron chi connectivity index (χ0n) is 7.22. The van der Waals surface area contributed by atoms with Crippen LogP contribution in [0.25, 0.3) is 0 Å². The van der Waals surface area contributed by atoms with Gasteiger partial charge in [-0.25, -0.2) is 0 Å². The van der Waals surface area contributed by atoms with Gasteiger partial charge in [0, 0.05) is 11.8 Å². The predicted octanol–water partition coefficient (Wildman–Crippen LogP) is 2.66. The van der Waals surface area contributed by atoms with Gasteiger partial charge in [0.25, 0.3) is 0 Å². The van der Waals surface area contributed by atoms with E-state index in [4.69, 9.17) is 0 Å². The van der Waals surface area contributed by atoms with Gasteiger partial charge in [0.05, 0.1) is 0 Å². The van der Waals surface area contributed by atoms with Gasteiger partial charge < -0.3 is 0 Å². The van der Waals surface area contributed by atoms with Crippen LogP contribution in [0.15, 0.2) is 4.99 Å². The Morgan fingerprint density at radius 2 is 2.30 bits per heavy atom. The normalized spacial score (nSPS) is 33.7. The minimum atomic E-state index is 0.582. The molecular weight excluding hydrogens is 122 g/mol. The molecule has 1 aliphatic rings. The lowest BCUT2D eigenvalue weighted by molar-refractivity contribution is 0.426. The summed E-state index contributed by atoms with van der Waals surface area (Å²) >= 11 is 0. The number of aliphatic imine (C=N–C) groups is 1. The zero-order valence-corrected chi connectivity index (χ0v) is 7.22. The van der Waals surface area contributed by atoms with Crippen LogP contribution >= 0.6 is 0 Å². The Bertz CT molecular complexity index is 138. The summed E-state index contributed by atoms with van der Waals surface area (Å²) in [6, 6.07) is 0.582. The standard InChI is InChI=1S/C9H17N/c1-4-9-5-7(2)10-8(3)6-9/h7,9H,4-6H2,1-3H3. The first-order chi connectivity index (χ1) is 4.72. The molecule has 1 heterocycles. The Morgan fingerprint density at radius 3 is 2.80 bits per heavy atom. The minimum Gasteiger partial charge on any atom is -0.291 e. The van der Waals surface area contributed by atoms with Gasteiger partial charge in [-0.1, -0.05) is 13.3 Å². The molecule has 1 aliphatic heterocycles. The zero-order chi connectivity index (χ0) is 7.56. The molecule has 0 amide bonds. The van der Waals surface area contributed by atoms with Crippen LogP contribution in [0, 0.1) is 5.92 Å². The molecule has 0 aromatic carbocycles. The van der Waals surface area contributed by atoms with E-state index >= 15 is 0 Å². The predicted molar refractivity (Wildman–Crippen MR) is 45.6 cm³/mol. The molecule has 0 fully saturated rings. The van der Waals surface area contributed by atoms with Crippen LogP contribution in [-0.4, -0.2) is 11.8 Å². The summed E-state index contributed by atoms with van der Waals surface area (Å²) in [6.45, 7) is 6.64. The topological polar surface area (TPSA) is 12.4 Å². The molecule has 0 aromatic rings. The molecule has 1 rings (SSSR count). The highest BCUT2D eigenvalue weighted by Crippen LogP contribution is 2.22. The lowest BCUT2D eigenvalue weighted by Crippen LogP contribution is -2.18. The second-order valence-corrected chi connectivity index (χ2v) is 3.43. The Labute approximate surface area is 63.5 Å². The summed E-state index contributed by atoms with van der Waals surface area (Å²) in [6.07, 6.45) is 3.85. The molecule has 2 atom stereocenters. The maximum Gasteiger partial charge on any atom is 0.0473 e. The number of hydrogen-bond acceptors (Lipinski definition) is 1. The van der Waals surface area contributed by atoms with Crippen LogP contribution in [0.3, 0.4) is 0 Å². The molecular formula is C9H17N. The van der Waals surface area contributed by atoms with Gasteiger partial charge in [0.2, 0.25) is 0 Å². The summed E-state index contributed by atoms with van der Waals surface area (Å²) in [4.78, 5) is 4.50. The highest BCUT2D eigenvalue weighted by Gasteiger charge is 2.16. The van der Waals surface area contributed by atoms with Crippen LogP contribution in [0.5, 0.6) is 0 Å². The van der Waals surface area contributed by atoms with E-state index in [2.05, 4.69) is 25.8 Å². The first kappa shape index (κ1) is 7.77. The van der Waals surface area contributed by atoms with Gasteiger partial charge in [-0.3, -0.25) is 4.99 Å². The van der Waals surface area contributed by atoms with E-state index in [0.717, 1.165) is 5.92 Å². The molecule has 0 saturated heterocycles. The van der Waals surface area contributed by atoms with Crippen molar-refractivity contribution < 1.29 is 0 Å². The second-order valence-electron chi connectivity index (χ2n) is 3.43. The van der Waals surface area contributed by atoms with Crippen LogP contribution in [0.2, 0.25) is 0 Å². The largest absolute Gasteiger partial charge is 0.291 e. The Kier molecular flexibility index (Phi) is 2.47. The van der Waals surface area contributed by atoms with Gasteiger partial charge in [0.15, 0.2) is 0 Å². The van der Waals surface area contributed by atoms with Crippen molar-refractivity contribution in [3.05, 3.63) is 0 Å². The lowest BCUT2D eigenvalue weighted by atomic mass is 9.90. The van der Waals surface area contributed by atoms with E-state index in [1.165, 1.54) is 25.0 Å². The first-order valence-electron chi connectivity index (χ1n) is 4.25. The lowest BCUT2D eigenvalue weighted by Gasteiger charge is -2.23. The molecule has 1 heteroatoms. The minimum absolute atomic E-state index is 0.582. The molecule has 0 saturated carbocycles. The van der Waals surface area contributed by atoms with Crippen molar-refractivity contribution in [3.8, 4) is 0 Å². The third-order valence-corrected chi connectivity index (χ3v) is 2.28. The number of rotatable bonds is 1. The van der Waals surface area contributed by atoms with Crippen LogP contribution in [0.1, 0.15) is 40.0 Å². The maximum atomic E-state index is 4.50.